The number of sulfonamides is 1. The standard InChI is InChI=1S/C30H31F3N2O6S/c1-39-27-9-4-3-8-25(27)34-15-14-21(18-34)20-10-12-28-26(16-20)35(19-23(41-28)11-13-29(36)40-2)42(37,38)24-7-5-6-22(17-24)30(31,32)33/h3-10,12,16-17,21,23H,11,13-15,18-19H2,1-2H3/t21?,23-/m0/s1. The summed E-state index contributed by atoms with van der Waals surface area (Å²) in [5, 5.41) is 0. The summed E-state index contributed by atoms with van der Waals surface area (Å²) in [6.07, 6.45) is -4.46. The number of nitrogens with zero attached hydrogens (tertiary/aromatic N) is 2. The van der Waals surface area contributed by atoms with Crippen molar-refractivity contribution in [2.45, 2.75) is 42.4 Å². The highest BCUT2D eigenvalue weighted by Crippen LogP contribution is 2.43. The van der Waals surface area contributed by atoms with E-state index in [9.17, 15) is 26.4 Å². The van der Waals surface area contributed by atoms with Crippen molar-refractivity contribution in [1.29, 1.82) is 0 Å². The molecule has 2 aliphatic heterocycles. The van der Waals surface area contributed by atoms with Crippen LogP contribution in [0.4, 0.5) is 24.5 Å². The summed E-state index contributed by atoms with van der Waals surface area (Å²) < 4.78 is 85.6. The SMILES string of the molecule is COC(=O)CC[C@H]1CN(S(=O)(=O)c2cccc(C(F)(F)F)c2)c2cc(C3CCN(c4ccccc4OC)C3)ccc2O1. The molecule has 3 aromatic rings. The monoisotopic (exact) mass is 604 g/mol. The molecular formula is C30H31F3N2O6S. The Morgan fingerprint density at radius 2 is 1.79 bits per heavy atom. The molecular weight excluding hydrogens is 573 g/mol. The van der Waals surface area contributed by atoms with Crippen LogP contribution in [0.3, 0.4) is 0 Å². The van der Waals surface area contributed by atoms with Crippen LogP contribution < -0.4 is 18.7 Å². The van der Waals surface area contributed by atoms with Crippen LogP contribution in [0.1, 0.15) is 36.3 Å². The average Bonchev–Trinajstić information content (AvgIpc) is 3.49. The third kappa shape index (κ3) is 5.99. The van der Waals surface area contributed by atoms with Gasteiger partial charge in [-0.15, -0.1) is 0 Å². The number of para-hydroxylation sites is 2. The molecule has 0 N–H and O–H groups in total. The molecule has 0 radical (unpaired) electrons. The summed E-state index contributed by atoms with van der Waals surface area (Å²) in [5.74, 6) is 0.617. The summed E-state index contributed by atoms with van der Waals surface area (Å²) >= 11 is 0. The van der Waals surface area contributed by atoms with E-state index in [1.807, 2.05) is 30.3 Å². The first-order chi connectivity index (χ1) is 20.0. The fraction of sp³-hybridized carbons (Fsp3) is 0.367. The maximum atomic E-state index is 13.9. The lowest BCUT2D eigenvalue weighted by Gasteiger charge is -2.36. The molecule has 1 fully saturated rings. The van der Waals surface area contributed by atoms with Crippen molar-refractivity contribution in [3.8, 4) is 11.5 Å². The van der Waals surface area contributed by atoms with Crippen LogP contribution in [0.25, 0.3) is 0 Å². The van der Waals surface area contributed by atoms with Crippen molar-refractivity contribution in [3.63, 3.8) is 0 Å². The van der Waals surface area contributed by atoms with Crippen molar-refractivity contribution in [2.75, 3.05) is 43.1 Å². The normalized spacial score (nSPS) is 18.8. The van der Waals surface area contributed by atoms with Gasteiger partial charge in [0.15, 0.2) is 0 Å². The van der Waals surface area contributed by atoms with Crippen LogP contribution in [0.5, 0.6) is 11.5 Å². The minimum Gasteiger partial charge on any atom is -0.495 e. The van der Waals surface area contributed by atoms with Gasteiger partial charge in [-0.1, -0.05) is 24.3 Å². The van der Waals surface area contributed by atoms with Crippen LogP contribution in [0, 0.1) is 0 Å². The molecule has 0 saturated carbocycles. The number of anilines is 2. The van der Waals surface area contributed by atoms with E-state index in [1.54, 1.807) is 19.2 Å². The number of carbonyl (C=O) groups excluding carboxylic acids is 1. The fourth-order valence-electron chi connectivity index (χ4n) is 5.44. The lowest BCUT2D eigenvalue weighted by Crippen LogP contribution is -2.43. The van der Waals surface area contributed by atoms with Crippen molar-refractivity contribution >= 4 is 27.4 Å². The first-order valence-corrected chi connectivity index (χ1v) is 14.9. The number of esters is 1. The summed E-state index contributed by atoms with van der Waals surface area (Å²) in [7, 11) is -1.56. The molecule has 8 nitrogen and oxygen atoms in total. The summed E-state index contributed by atoms with van der Waals surface area (Å²) in [6, 6.07) is 16.7. The molecule has 2 aliphatic rings. The van der Waals surface area contributed by atoms with Gasteiger partial charge in [0.2, 0.25) is 0 Å². The van der Waals surface area contributed by atoms with Gasteiger partial charge in [-0.2, -0.15) is 13.2 Å². The third-order valence-corrected chi connectivity index (χ3v) is 9.42. The number of hydrogen-bond acceptors (Lipinski definition) is 7. The van der Waals surface area contributed by atoms with E-state index in [4.69, 9.17) is 14.2 Å². The number of carbonyl (C=O) groups is 1. The molecule has 2 atom stereocenters. The van der Waals surface area contributed by atoms with E-state index in [2.05, 4.69) is 4.90 Å². The predicted octanol–water partition coefficient (Wildman–Crippen LogP) is 5.62. The predicted molar refractivity (Wildman–Crippen MR) is 151 cm³/mol. The van der Waals surface area contributed by atoms with Crippen molar-refractivity contribution in [3.05, 3.63) is 77.9 Å². The summed E-state index contributed by atoms with van der Waals surface area (Å²) in [5.41, 5.74) is 1.03. The zero-order valence-electron chi connectivity index (χ0n) is 23.1. The van der Waals surface area contributed by atoms with E-state index in [1.165, 1.54) is 7.11 Å². The molecule has 0 amide bonds. The minimum atomic E-state index is -4.71. The number of hydrogen-bond donors (Lipinski definition) is 0. The van der Waals surface area contributed by atoms with Gasteiger partial charge < -0.3 is 19.1 Å². The Balaban J connectivity index is 1.49. The Hall–Kier alpha value is -3.93. The topological polar surface area (TPSA) is 85.4 Å². The van der Waals surface area contributed by atoms with E-state index < -0.39 is 38.7 Å². The molecule has 0 bridgehead atoms. The van der Waals surface area contributed by atoms with Gasteiger partial charge in [-0.25, -0.2) is 8.42 Å². The van der Waals surface area contributed by atoms with Crippen LogP contribution in [-0.2, 0) is 25.7 Å². The zero-order chi connectivity index (χ0) is 30.1. The van der Waals surface area contributed by atoms with Gasteiger partial charge in [0.25, 0.3) is 10.0 Å². The van der Waals surface area contributed by atoms with Crippen LogP contribution in [-0.4, -0.2) is 54.3 Å². The van der Waals surface area contributed by atoms with E-state index >= 15 is 0 Å². The number of fused-ring (bicyclic) bond motifs is 1. The smallest absolute Gasteiger partial charge is 0.416 e. The van der Waals surface area contributed by atoms with Crippen LogP contribution in [0.15, 0.2) is 71.6 Å². The second-order valence-corrected chi connectivity index (χ2v) is 12.1. The van der Waals surface area contributed by atoms with E-state index in [0.717, 1.165) is 52.5 Å². The molecule has 1 saturated heterocycles. The lowest BCUT2D eigenvalue weighted by molar-refractivity contribution is -0.141. The van der Waals surface area contributed by atoms with Gasteiger partial charge in [-0.05, 0) is 60.9 Å². The Kier molecular flexibility index (Phi) is 8.27. The highest BCUT2D eigenvalue weighted by Gasteiger charge is 2.38. The Morgan fingerprint density at radius 1 is 1.00 bits per heavy atom. The molecule has 2 heterocycles. The molecule has 224 valence electrons. The number of alkyl halides is 3. The first kappa shape index (κ1) is 29.6. The molecule has 1 unspecified atom stereocenters. The summed E-state index contributed by atoms with van der Waals surface area (Å²) in [4.78, 5) is 13.5. The van der Waals surface area contributed by atoms with E-state index in [0.29, 0.717) is 12.6 Å². The van der Waals surface area contributed by atoms with Crippen molar-refractivity contribution in [2.24, 2.45) is 0 Å². The van der Waals surface area contributed by atoms with Gasteiger partial charge >= 0.3 is 12.1 Å². The van der Waals surface area contributed by atoms with Gasteiger partial charge in [0, 0.05) is 25.4 Å². The van der Waals surface area contributed by atoms with Crippen LogP contribution >= 0.6 is 0 Å². The van der Waals surface area contributed by atoms with Gasteiger partial charge in [0.05, 0.1) is 42.6 Å². The highest BCUT2D eigenvalue weighted by molar-refractivity contribution is 7.92. The largest absolute Gasteiger partial charge is 0.495 e. The zero-order valence-corrected chi connectivity index (χ0v) is 24.0. The number of methoxy groups -OCH3 is 2. The Labute approximate surface area is 242 Å². The van der Waals surface area contributed by atoms with Gasteiger partial charge in [-0.3, -0.25) is 9.10 Å². The fourth-order valence-corrected chi connectivity index (χ4v) is 6.99. The highest BCUT2D eigenvalue weighted by atomic mass is 32.2. The second-order valence-electron chi connectivity index (χ2n) is 10.2. The molecule has 3 aromatic carbocycles. The molecule has 0 aliphatic carbocycles. The maximum absolute atomic E-state index is 13.9. The van der Waals surface area contributed by atoms with E-state index in [-0.39, 0.29) is 36.7 Å². The van der Waals surface area contributed by atoms with Crippen LogP contribution in [0.2, 0.25) is 0 Å². The lowest BCUT2D eigenvalue weighted by atomic mass is 9.97. The maximum Gasteiger partial charge on any atom is 0.416 e. The Morgan fingerprint density at radius 3 is 2.52 bits per heavy atom. The quantitative estimate of drug-likeness (QED) is 0.309. The molecule has 0 spiro atoms. The molecule has 12 heteroatoms. The average molecular weight is 605 g/mol. The minimum absolute atomic E-state index is 0.00706. The molecule has 5 rings (SSSR count). The van der Waals surface area contributed by atoms with Gasteiger partial charge in [0.1, 0.15) is 17.6 Å². The first-order valence-electron chi connectivity index (χ1n) is 13.5. The number of rotatable bonds is 8. The van der Waals surface area contributed by atoms with Crippen molar-refractivity contribution < 1.29 is 40.6 Å². The molecule has 0 aromatic heterocycles. The number of halogens is 3. The van der Waals surface area contributed by atoms with Crippen molar-refractivity contribution in [1.82, 2.24) is 0 Å². The third-order valence-electron chi connectivity index (χ3n) is 7.65. The number of ether oxygens (including phenoxy) is 3. The summed E-state index contributed by atoms with van der Waals surface area (Å²) in [6.45, 7) is 1.26. The second kappa shape index (κ2) is 11.7. The number of benzene rings is 3. The Bertz CT molecular complexity index is 1560. The molecule has 42 heavy (non-hydrogen) atoms.